The Bertz CT molecular complexity index is 451. The smallest absolute Gasteiger partial charge is 0.322 e. The lowest BCUT2D eigenvalue weighted by atomic mass is 10.0. The van der Waals surface area contributed by atoms with Crippen LogP contribution in [0.25, 0.3) is 0 Å². The number of amides is 2. The molecule has 0 radical (unpaired) electrons. The van der Waals surface area contributed by atoms with Crippen LogP contribution in [0.5, 0.6) is 0 Å². The predicted octanol–water partition coefficient (Wildman–Crippen LogP) is 4.40. The van der Waals surface area contributed by atoms with Gasteiger partial charge in [0.05, 0.1) is 10.0 Å². The topological polar surface area (TPSA) is 32.3 Å². The number of halogens is 2. The third-order valence-electron chi connectivity index (χ3n) is 3.23. The van der Waals surface area contributed by atoms with Crippen LogP contribution < -0.4 is 5.32 Å². The van der Waals surface area contributed by atoms with Crippen molar-refractivity contribution >= 4 is 34.9 Å². The molecule has 1 saturated heterocycles. The minimum absolute atomic E-state index is 0.0689. The Hall–Kier alpha value is -0.930. The maximum atomic E-state index is 12.1. The van der Waals surface area contributed by atoms with Crippen LogP contribution in [-0.2, 0) is 0 Å². The molecular weight excluding hydrogens is 271 g/mol. The zero-order valence-corrected chi connectivity index (χ0v) is 11.8. The minimum atomic E-state index is -0.0689. The molecule has 3 nitrogen and oxygen atoms in total. The van der Waals surface area contributed by atoms with E-state index in [0.29, 0.717) is 21.8 Å². The summed E-state index contributed by atoms with van der Waals surface area (Å²) in [5.74, 6) is 0. The zero-order valence-electron chi connectivity index (χ0n) is 10.2. The lowest BCUT2D eigenvalue weighted by Crippen LogP contribution is -2.44. The average Bonchev–Trinajstić information content (AvgIpc) is 2.34. The molecule has 0 bridgehead atoms. The number of hydrogen-bond donors (Lipinski definition) is 1. The van der Waals surface area contributed by atoms with Crippen LogP contribution in [0.15, 0.2) is 18.2 Å². The van der Waals surface area contributed by atoms with E-state index >= 15 is 0 Å². The summed E-state index contributed by atoms with van der Waals surface area (Å²) < 4.78 is 0. The number of carbonyl (C=O) groups excluding carboxylic acids is 1. The van der Waals surface area contributed by atoms with Crippen molar-refractivity contribution in [3.05, 3.63) is 28.2 Å². The summed E-state index contributed by atoms with van der Waals surface area (Å²) in [5.41, 5.74) is 0.673. The summed E-state index contributed by atoms with van der Waals surface area (Å²) in [5, 5.41) is 3.79. The van der Waals surface area contributed by atoms with Crippen molar-refractivity contribution in [2.45, 2.75) is 32.2 Å². The molecule has 1 atom stereocenters. The van der Waals surface area contributed by atoms with Gasteiger partial charge in [0, 0.05) is 18.3 Å². The van der Waals surface area contributed by atoms with Crippen LogP contribution in [0.4, 0.5) is 10.5 Å². The number of nitrogens with zero attached hydrogens (tertiary/aromatic N) is 1. The van der Waals surface area contributed by atoms with E-state index < -0.39 is 0 Å². The standard InChI is InChI=1S/C13H16Cl2N2O/c1-9-4-2-3-7-17(9)13(18)16-10-5-6-11(14)12(15)8-10/h5-6,8-9H,2-4,7H2,1H3,(H,16,18)/t9-/m0/s1. The summed E-state index contributed by atoms with van der Waals surface area (Å²) in [6.07, 6.45) is 3.33. The van der Waals surface area contributed by atoms with Gasteiger partial charge in [-0.15, -0.1) is 0 Å². The van der Waals surface area contributed by atoms with Gasteiger partial charge in [-0.1, -0.05) is 23.2 Å². The molecule has 1 aromatic rings. The van der Waals surface area contributed by atoms with Gasteiger partial charge in [0.1, 0.15) is 0 Å². The summed E-state index contributed by atoms with van der Waals surface area (Å²) in [6.45, 7) is 2.89. The van der Waals surface area contributed by atoms with Gasteiger partial charge < -0.3 is 10.2 Å². The SMILES string of the molecule is C[C@H]1CCCCN1C(=O)Nc1ccc(Cl)c(Cl)c1. The number of rotatable bonds is 1. The number of carbonyl (C=O) groups is 1. The summed E-state index contributed by atoms with van der Waals surface area (Å²) in [6, 6.07) is 5.32. The van der Waals surface area contributed by atoms with E-state index in [2.05, 4.69) is 12.2 Å². The lowest BCUT2D eigenvalue weighted by molar-refractivity contribution is 0.170. The largest absolute Gasteiger partial charge is 0.322 e. The van der Waals surface area contributed by atoms with Gasteiger partial charge in [-0.3, -0.25) is 0 Å². The Morgan fingerprint density at radius 3 is 2.78 bits per heavy atom. The number of nitrogens with one attached hydrogen (secondary N) is 1. The van der Waals surface area contributed by atoms with Crippen molar-refractivity contribution in [1.29, 1.82) is 0 Å². The molecule has 0 aromatic heterocycles. The monoisotopic (exact) mass is 286 g/mol. The normalized spacial score (nSPS) is 19.7. The number of urea groups is 1. The van der Waals surface area contributed by atoms with Gasteiger partial charge in [0.2, 0.25) is 0 Å². The summed E-state index contributed by atoms with van der Waals surface area (Å²) >= 11 is 11.7. The second-order valence-electron chi connectivity index (χ2n) is 4.60. The van der Waals surface area contributed by atoms with Crippen LogP contribution in [0, 0.1) is 0 Å². The highest BCUT2D eigenvalue weighted by Gasteiger charge is 2.23. The highest BCUT2D eigenvalue weighted by Crippen LogP contribution is 2.25. The van der Waals surface area contributed by atoms with Crippen molar-refractivity contribution in [3.8, 4) is 0 Å². The lowest BCUT2D eigenvalue weighted by Gasteiger charge is -2.33. The molecule has 1 heterocycles. The first-order chi connectivity index (χ1) is 8.58. The number of hydrogen-bond acceptors (Lipinski definition) is 1. The average molecular weight is 287 g/mol. The Morgan fingerprint density at radius 1 is 1.33 bits per heavy atom. The first-order valence-corrected chi connectivity index (χ1v) is 6.86. The van der Waals surface area contributed by atoms with Gasteiger partial charge in [0.25, 0.3) is 0 Å². The molecule has 1 N–H and O–H groups in total. The molecule has 1 aliphatic heterocycles. The number of likely N-dealkylation sites (tertiary alicyclic amines) is 1. The number of anilines is 1. The van der Waals surface area contributed by atoms with E-state index in [0.717, 1.165) is 19.4 Å². The second kappa shape index (κ2) is 5.81. The molecule has 1 fully saturated rings. The van der Waals surface area contributed by atoms with E-state index in [1.807, 2.05) is 4.90 Å². The van der Waals surface area contributed by atoms with Gasteiger partial charge >= 0.3 is 6.03 Å². The van der Waals surface area contributed by atoms with E-state index in [4.69, 9.17) is 23.2 Å². The Balaban J connectivity index is 2.04. The van der Waals surface area contributed by atoms with Crippen LogP contribution in [0.1, 0.15) is 26.2 Å². The molecular formula is C13H16Cl2N2O. The fraction of sp³-hybridized carbons (Fsp3) is 0.462. The van der Waals surface area contributed by atoms with Crippen molar-refractivity contribution < 1.29 is 4.79 Å². The molecule has 0 aliphatic carbocycles. The van der Waals surface area contributed by atoms with Crippen LogP contribution in [0.2, 0.25) is 10.0 Å². The van der Waals surface area contributed by atoms with E-state index in [1.54, 1.807) is 18.2 Å². The minimum Gasteiger partial charge on any atom is -0.322 e. The molecule has 0 saturated carbocycles. The van der Waals surface area contributed by atoms with Crippen molar-refractivity contribution in [2.75, 3.05) is 11.9 Å². The first kappa shape index (κ1) is 13.5. The second-order valence-corrected chi connectivity index (χ2v) is 5.41. The molecule has 5 heteroatoms. The zero-order chi connectivity index (χ0) is 13.1. The van der Waals surface area contributed by atoms with Crippen LogP contribution in [0.3, 0.4) is 0 Å². The highest BCUT2D eigenvalue weighted by atomic mass is 35.5. The molecule has 18 heavy (non-hydrogen) atoms. The molecule has 98 valence electrons. The number of piperidine rings is 1. The van der Waals surface area contributed by atoms with Gasteiger partial charge in [0.15, 0.2) is 0 Å². The Labute approximate surface area is 117 Å². The molecule has 1 aromatic carbocycles. The first-order valence-electron chi connectivity index (χ1n) is 6.10. The summed E-state index contributed by atoms with van der Waals surface area (Å²) in [7, 11) is 0. The number of benzene rings is 1. The Morgan fingerprint density at radius 2 is 2.11 bits per heavy atom. The van der Waals surface area contributed by atoms with Crippen LogP contribution >= 0.6 is 23.2 Å². The van der Waals surface area contributed by atoms with E-state index in [-0.39, 0.29) is 6.03 Å². The van der Waals surface area contributed by atoms with Crippen molar-refractivity contribution in [3.63, 3.8) is 0 Å². The van der Waals surface area contributed by atoms with E-state index in [9.17, 15) is 4.79 Å². The fourth-order valence-electron chi connectivity index (χ4n) is 2.17. The van der Waals surface area contributed by atoms with Gasteiger partial charge in [-0.05, 0) is 44.4 Å². The molecule has 0 spiro atoms. The van der Waals surface area contributed by atoms with E-state index in [1.165, 1.54) is 6.42 Å². The maximum absolute atomic E-state index is 12.1. The maximum Gasteiger partial charge on any atom is 0.322 e. The molecule has 2 amide bonds. The van der Waals surface area contributed by atoms with Gasteiger partial charge in [-0.2, -0.15) is 0 Å². The molecule has 0 unspecified atom stereocenters. The van der Waals surface area contributed by atoms with Crippen LogP contribution in [-0.4, -0.2) is 23.5 Å². The van der Waals surface area contributed by atoms with Crippen molar-refractivity contribution in [2.24, 2.45) is 0 Å². The van der Waals surface area contributed by atoms with Crippen molar-refractivity contribution in [1.82, 2.24) is 4.90 Å². The Kier molecular flexibility index (Phi) is 4.36. The van der Waals surface area contributed by atoms with Gasteiger partial charge in [-0.25, -0.2) is 4.79 Å². The highest BCUT2D eigenvalue weighted by molar-refractivity contribution is 6.42. The fourth-order valence-corrected chi connectivity index (χ4v) is 2.47. The third-order valence-corrected chi connectivity index (χ3v) is 3.97. The predicted molar refractivity (Wildman–Crippen MR) is 75.5 cm³/mol. The summed E-state index contributed by atoms with van der Waals surface area (Å²) in [4.78, 5) is 14.0. The molecule has 2 rings (SSSR count). The quantitative estimate of drug-likeness (QED) is 0.815. The molecule has 1 aliphatic rings. The third kappa shape index (κ3) is 3.09.